The van der Waals surface area contributed by atoms with Crippen molar-refractivity contribution in [1.29, 1.82) is 0 Å². The summed E-state index contributed by atoms with van der Waals surface area (Å²) >= 11 is 0. The standard InChI is InChI=1S/C19H25FN4O3/c1-26-13-19(25)21-10-15-9-16-12-23(6-3-7-24(16)22-15)11-14-4-5-18(27-2)17(20)8-14/h4-5,8-9H,3,6-7,10-13H2,1-2H3,(H,21,25). The summed E-state index contributed by atoms with van der Waals surface area (Å²) in [6.07, 6.45) is 0.961. The van der Waals surface area contributed by atoms with Crippen molar-refractivity contribution in [3.8, 4) is 5.75 Å². The minimum absolute atomic E-state index is 0.0414. The van der Waals surface area contributed by atoms with Crippen molar-refractivity contribution < 1.29 is 18.7 Å². The third-order valence-electron chi connectivity index (χ3n) is 4.51. The summed E-state index contributed by atoms with van der Waals surface area (Å²) in [4.78, 5) is 13.8. The molecule has 146 valence electrons. The molecule has 0 saturated heterocycles. The van der Waals surface area contributed by atoms with Gasteiger partial charge in [0.15, 0.2) is 11.6 Å². The third kappa shape index (κ3) is 5.05. The number of nitrogens with zero attached hydrogens (tertiary/aromatic N) is 3. The topological polar surface area (TPSA) is 68.6 Å². The zero-order valence-corrected chi connectivity index (χ0v) is 15.7. The fraction of sp³-hybridized carbons (Fsp3) is 0.474. The number of ether oxygens (including phenoxy) is 2. The van der Waals surface area contributed by atoms with E-state index in [1.165, 1.54) is 20.3 Å². The number of halogens is 1. The average molecular weight is 376 g/mol. The van der Waals surface area contributed by atoms with Gasteiger partial charge >= 0.3 is 0 Å². The fourth-order valence-electron chi connectivity index (χ4n) is 3.25. The van der Waals surface area contributed by atoms with E-state index in [0.29, 0.717) is 13.1 Å². The van der Waals surface area contributed by atoms with Crippen molar-refractivity contribution in [1.82, 2.24) is 20.0 Å². The number of amides is 1. The summed E-state index contributed by atoms with van der Waals surface area (Å²) < 4.78 is 25.7. The maximum atomic E-state index is 13.9. The average Bonchev–Trinajstić information content (AvgIpc) is 2.92. The lowest BCUT2D eigenvalue weighted by atomic mass is 10.2. The Kier molecular flexibility index (Phi) is 6.41. The Hall–Kier alpha value is -2.45. The summed E-state index contributed by atoms with van der Waals surface area (Å²) in [7, 11) is 2.95. The van der Waals surface area contributed by atoms with E-state index in [1.807, 2.05) is 16.8 Å². The zero-order chi connectivity index (χ0) is 19.2. The molecule has 0 unspecified atom stereocenters. The minimum Gasteiger partial charge on any atom is -0.494 e. The second-order valence-electron chi connectivity index (χ2n) is 6.59. The van der Waals surface area contributed by atoms with Gasteiger partial charge in [-0.25, -0.2) is 4.39 Å². The number of fused-ring (bicyclic) bond motifs is 1. The number of nitrogens with one attached hydrogen (secondary N) is 1. The quantitative estimate of drug-likeness (QED) is 0.797. The Morgan fingerprint density at radius 1 is 1.30 bits per heavy atom. The summed E-state index contributed by atoms with van der Waals surface area (Å²) in [6.45, 7) is 3.55. The molecule has 0 spiro atoms. The zero-order valence-electron chi connectivity index (χ0n) is 15.7. The van der Waals surface area contributed by atoms with E-state index < -0.39 is 0 Å². The van der Waals surface area contributed by atoms with Crippen LogP contribution in [-0.2, 0) is 35.7 Å². The lowest BCUT2D eigenvalue weighted by molar-refractivity contribution is -0.124. The lowest BCUT2D eigenvalue weighted by Gasteiger charge is -2.19. The summed E-state index contributed by atoms with van der Waals surface area (Å²) in [5.41, 5.74) is 2.83. The van der Waals surface area contributed by atoms with Gasteiger partial charge in [0, 0.05) is 33.3 Å². The van der Waals surface area contributed by atoms with Crippen LogP contribution in [0.15, 0.2) is 24.3 Å². The van der Waals surface area contributed by atoms with Crippen LogP contribution in [0, 0.1) is 5.82 Å². The molecule has 0 atom stereocenters. The highest BCUT2D eigenvalue weighted by Crippen LogP contribution is 2.21. The van der Waals surface area contributed by atoms with Gasteiger partial charge in [-0.15, -0.1) is 0 Å². The first-order valence-corrected chi connectivity index (χ1v) is 8.95. The van der Waals surface area contributed by atoms with Crippen molar-refractivity contribution in [2.24, 2.45) is 0 Å². The second kappa shape index (κ2) is 8.96. The van der Waals surface area contributed by atoms with Crippen LogP contribution < -0.4 is 10.1 Å². The van der Waals surface area contributed by atoms with Crippen molar-refractivity contribution >= 4 is 5.91 Å². The highest BCUT2D eigenvalue weighted by molar-refractivity contribution is 5.77. The number of benzene rings is 1. The minimum atomic E-state index is -0.344. The maximum absolute atomic E-state index is 13.9. The molecule has 1 aliphatic heterocycles. The molecular weight excluding hydrogens is 351 g/mol. The first kappa shape index (κ1) is 19.3. The molecular formula is C19H25FN4O3. The second-order valence-corrected chi connectivity index (χ2v) is 6.59. The molecule has 2 heterocycles. The molecule has 0 bridgehead atoms. The largest absolute Gasteiger partial charge is 0.494 e. The highest BCUT2D eigenvalue weighted by Gasteiger charge is 2.17. The molecule has 1 aromatic heterocycles. The van der Waals surface area contributed by atoms with E-state index >= 15 is 0 Å². The fourth-order valence-corrected chi connectivity index (χ4v) is 3.25. The van der Waals surface area contributed by atoms with E-state index in [-0.39, 0.29) is 24.1 Å². The normalized spacial score (nSPS) is 14.5. The number of aryl methyl sites for hydroxylation is 1. The number of carbonyl (C=O) groups is 1. The molecule has 8 heteroatoms. The number of rotatable bonds is 7. The van der Waals surface area contributed by atoms with Gasteiger partial charge in [-0.2, -0.15) is 5.10 Å². The van der Waals surface area contributed by atoms with E-state index in [1.54, 1.807) is 6.07 Å². The van der Waals surface area contributed by atoms with Crippen LogP contribution in [0.3, 0.4) is 0 Å². The maximum Gasteiger partial charge on any atom is 0.246 e. The summed E-state index contributed by atoms with van der Waals surface area (Å²) in [6, 6.07) is 7.09. The number of carbonyl (C=O) groups excluding carboxylic acids is 1. The molecule has 0 radical (unpaired) electrons. The van der Waals surface area contributed by atoms with Gasteiger partial charge in [0.2, 0.25) is 5.91 Å². The molecule has 7 nitrogen and oxygen atoms in total. The van der Waals surface area contributed by atoms with Gasteiger partial charge in [0.25, 0.3) is 0 Å². The van der Waals surface area contributed by atoms with E-state index in [4.69, 9.17) is 9.47 Å². The Morgan fingerprint density at radius 2 is 2.15 bits per heavy atom. The third-order valence-corrected chi connectivity index (χ3v) is 4.51. The molecule has 1 amide bonds. The van der Waals surface area contributed by atoms with Crippen LogP contribution in [0.25, 0.3) is 0 Å². The SMILES string of the molecule is COCC(=O)NCc1cc2n(n1)CCCN(Cc1ccc(OC)c(F)c1)C2. The van der Waals surface area contributed by atoms with Crippen LogP contribution >= 0.6 is 0 Å². The predicted octanol–water partition coefficient (Wildman–Crippen LogP) is 1.70. The van der Waals surface area contributed by atoms with Crippen LogP contribution in [0.5, 0.6) is 5.75 Å². The smallest absolute Gasteiger partial charge is 0.246 e. The Balaban J connectivity index is 1.63. The van der Waals surface area contributed by atoms with Crippen LogP contribution in [0.2, 0.25) is 0 Å². The van der Waals surface area contributed by atoms with Gasteiger partial charge < -0.3 is 14.8 Å². The van der Waals surface area contributed by atoms with Crippen molar-refractivity contribution in [3.63, 3.8) is 0 Å². The molecule has 1 aliphatic rings. The first-order chi connectivity index (χ1) is 13.1. The van der Waals surface area contributed by atoms with Crippen LogP contribution in [0.1, 0.15) is 23.4 Å². The molecule has 1 N–H and O–H groups in total. The van der Waals surface area contributed by atoms with Crippen molar-refractivity contribution in [3.05, 3.63) is 47.0 Å². The van der Waals surface area contributed by atoms with Gasteiger partial charge in [-0.1, -0.05) is 6.07 Å². The van der Waals surface area contributed by atoms with Crippen LogP contribution in [0.4, 0.5) is 4.39 Å². The molecule has 2 aromatic rings. The van der Waals surface area contributed by atoms with Crippen molar-refractivity contribution in [2.75, 3.05) is 27.4 Å². The highest BCUT2D eigenvalue weighted by atomic mass is 19.1. The van der Waals surface area contributed by atoms with E-state index in [0.717, 1.165) is 43.0 Å². The van der Waals surface area contributed by atoms with E-state index in [2.05, 4.69) is 15.3 Å². The molecule has 0 saturated carbocycles. The number of aromatic nitrogens is 2. The van der Waals surface area contributed by atoms with Crippen molar-refractivity contribution in [2.45, 2.75) is 32.6 Å². The molecule has 0 aliphatic carbocycles. The Labute approximate surface area is 158 Å². The molecule has 1 aromatic carbocycles. The van der Waals surface area contributed by atoms with Gasteiger partial charge in [0.1, 0.15) is 6.61 Å². The summed E-state index contributed by atoms with van der Waals surface area (Å²) in [5, 5.41) is 7.36. The van der Waals surface area contributed by atoms with Gasteiger partial charge in [-0.3, -0.25) is 14.4 Å². The number of hydrogen-bond donors (Lipinski definition) is 1. The Bertz CT molecular complexity index is 793. The number of methoxy groups -OCH3 is 2. The van der Waals surface area contributed by atoms with Crippen LogP contribution in [-0.4, -0.2) is 48.0 Å². The molecule has 3 rings (SSSR count). The van der Waals surface area contributed by atoms with E-state index in [9.17, 15) is 9.18 Å². The number of hydrogen-bond acceptors (Lipinski definition) is 5. The molecule has 0 fully saturated rings. The molecule has 27 heavy (non-hydrogen) atoms. The van der Waals surface area contributed by atoms with Gasteiger partial charge in [0.05, 0.1) is 25.0 Å². The summed E-state index contributed by atoms with van der Waals surface area (Å²) in [5.74, 6) is -0.249. The van der Waals surface area contributed by atoms with Gasteiger partial charge in [-0.05, 0) is 30.2 Å². The Morgan fingerprint density at radius 3 is 2.89 bits per heavy atom. The lowest BCUT2D eigenvalue weighted by Crippen LogP contribution is -2.26. The monoisotopic (exact) mass is 376 g/mol. The first-order valence-electron chi connectivity index (χ1n) is 8.95. The predicted molar refractivity (Wildman–Crippen MR) is 97.6 cm³/mol.